The normalized spacial score (nSPS) is 11.0. The van der Waals surface area contributed by atoms with Crippen LogP contribution in [0.5, 0.6) is 5.75 Å². The Morgan fingerprint density at radius 3 is 2.07 bits per heavy atom. The maximum Gasteiger partial charge on any atom is 0.414 e. The van der Waals surface area contributed by atoms with E-state index in [1.807, 2.05) is 65.6 Å². The van der Waals surface area contributed by atoms with Crippen LogP contribution in [0.3, 0.4) is 0 Å². The summed E-state index contributed by atoms with van der Waals surface area (Å²) in [6.07, 6.45) is 0.718. The third kappa shape index (κ3) is 7.51. The Hall–Kier alpha value is -5.19. The Morgan fingerprint density at radius 2 is 1.55 bits per heavy atom. The zero-order valence-corrected chi connectivity index (χ0v) is 24.3. The Balaban J connectivity index is 1.72. The van der Waals surface area contributed by atoms with Gasteiger partial charge in [0.25, 0.3) is 0 Å². The van der Waals surface area contributed by atoms with E-state index in [2.05, 4.69) is 15.3 Å². The van der Waals surface area contributed by atoms with Crippen molar-refractivity contribution in [3.63, 3.8) is 0 Å². The summed E-state index contributed by atoms with van der Waals surface area (Å²) in [4.78, 5) is 36.6. The smallest absolute Gasteiger partial charge is 0.414 e. The number of nitrogens with zero attached hydrogens (tertiary/aromatic N) is 5. The van der Waals surface area contributed by atoms with Gasteiger partial charge in [0.05, 0.1) is 17.7 Å². The van der Waals surface area contributed by atoms with E-state index in [9.17, 15) is 14.9 Å². The van der Waals surface area contributed by atoms with E-state index < -0.39 is 16.6 Å². The van der Waals surface area contributed by atoms with Crippen LogP contribution in [0.1, 0.15) is 31.9 Å². The van der Waals surface area contributed by atoms with Gasteiger partial charge in [-0.05, 0) is 50.1 Å². The van der Waals surface area contributed by atoms with Gasteiger partial charge in [-0.3, -0.25) is 15.0 Å². The average molecular weight is 571 g/mol. The SMILES string of the molecule is COc1ccc(Nc2ncnc(N(Cc3ccccc3)Cc3ccccc3)c2[N+](=O)[O-])cc1N(C)C(=O)OC(C)(C)C. The van der Waals surface area contributed by atoms with E-state index in [0.717, 1.165) is 11.1 Å². The summed E-state index contributed by atoms with van der Waals surface area (Å²) in [5.74, 6) is 0.598. The van der Waals surface area contributed by atoms with Gasteiger partial charge < -0.3 is 19.7 Å². The first-order chi connectivity index (χ1) is 20.1. The maximum atomic E-state index is 12.8. The van der Waals surface area contributed by atoms with Gasteiger partial charge in [-0.1, -0.05) is 60.7 Å². The molecule has 0 fully saturated rings. The zero-order valence-electron chi connectivity index (χ0n) is 24.3. The molecule has 42 heavy (non-hydrogen) atoms. The van der Waals surface area contributed by atoms with Crippen LogP contribution >= 0.6 is 0 Å². The van der Waals surface area contributed by atoms with E-state index in [-0.39, 0.29) is 17.3 Å². The maximum absolute atomic E-state index is 12.8. The molecule has 11 heteroatoms. The highest BCUT2D eigenvalue weighted by atomic mass is 16.6. The number of carbonyl (C=O) groups excluding carboxylic acids is 1. The molecule has 0 aliphatic carbocycles. The number of nitro groups is 1. The Labute approximate surface area is 244 Å². The molecule has 0 aliphatic rings. The Bertz CT molecular complexity index is 1480. The van der Waals surface area contributed by atoms with E-state index in [1.165, 1.54) is 18.3 Å². The van der Waals surface area contributed by atoms with Crippen LogP contribution in [0.15, 0.2) is 85.2 Å². The van der Waals surface area contributed by atoms with E-state index in [4.69, 9.17) is 9.47 Å². The summed E-state index contributed by atoms with van der Waals surface area (Å²) in [5, 5.41) is 15.6. The van der Waals surface area contributed by atoms with E-state index in [0.29, 0.717) is 30.2 Å². The minimum Gasteiger partial charge on any atom is -0.495 e. The van der Waals surface area contributed by atoms with Crippen LogP contribution in [0.25, 0.3) is 0 Å². The fourth-order valence-corrected chi connectivity index (χ4v) is 4.27. The average Bonchev–Trinajstić information content (AvgIpc) is 2.96. The molecule has 1 amide bonds. The minimum absolute atomic E-state index is 0.00663. The minimum atomic E-state index is -0.697. The number of carbonyl (C=O) groups is 1. The standard InChI is InChI=1S/C31H34N6O5/c1-31(2,3)42-30(38)35(4)25-18-24(16-17-26(25)41-5)34-28-27(37(39)40)29(33-21-32-28)36(19-22-12-8-6-9-13-22)20-23-14-10-7-11-15-23/h6-18,21H,19-20H2,1-5H3,(H,32,33,34). The summed E-state index contributed by atoms with van der Waals surface area (Å²) >= 11 is 0. The van der Waals surface area contributed by atoms with Crippen molar-refractivity contribution < 1.29 is 19.2 Å². The van der Waals surface area contributed by atoms with Gasteiger partial charge in [0.2, 0.25) is 11.6 Å². The number of ether oxygens (including phenoxy) is 2. The number of hydrogen-bond donors (Lipinski definition) is 1. The predicted molar refractivity (Wildman–Crippen MR) is 162 cm³/mol. The molecule has 0 saturated carbocycles. The van der Waals surface area contributed by atoms with Gasteiger partial charge in [-0.15, -0.1) is 0 Å². The molecule has 0 saturated heterocycles. The van der Waals surface area contributed by atoms with Gasteiger partial charge in [0.1, 0.15) is 17.7 Å². The van der Waals surface area contributed by atoms with Crippen molar-refractivity contribution in [3.8, 4) is 5.75 Å². The molecule has 0 atom stereocenters. The fraction of sp³-hybridized carbons (Fsp3) is 0.258. The van der Waals surface area contributed by atoms with Crippen LogP contribution in [0.2, 0.25) is 0 Å². The van der Waals surface area contributed by atoms with Gasteiger partial charge in [0.15, 0.2) is 0 Å². The molecule has 0 bridgehead atoms. The van der Waals surface area contributed by atoms with Crippen LogP contribution in [-0.2, 0) is 17.8 Å². The number of amides is 1. The van der Waals surface area contributed by atoms with Crippen LogP contribution in [0.4, 0.5) is 33.5 Å². The summed E-state index contributed by atoms with van der Waals surface area (Å²) in [6, 6.07) is 24.4. The number of benzene rings is 3. The lowest BCUT2D eigenvalue weighted by Crippen LogP contribution is -2.34. The molecule has 0 radical (unpaired) electrons. The van der Waals surface area contributed by atoms with Crippen molar-refractivity contribution in [2.75, 3.05) is 29.3 Å². The van der Waals surface area contributed by atoms with Crippen LogP contribution in [0, 0.1) is 10.1 Å². The Morgan fingerprint density at radius 1 is 0.952 bits per heavy atom. The van der Waals surface area contributed by atoms with Crippen molar-refractivity contribution in [1.82, 2.24) is 9.97 Å². The lowest BCUT2D eigenvalue weighted by atomic mass is 10.1. The topological polar surface area (TPSA) is 123 Å². The number of aromatic nitrogens is 2. The van der Waals surface area contributed by atoms with Gasteiger partial charge in [0, 0.05) is 25.8 Å². The summed E-state index contributed by atoms with van der Waals surface area (Å²) < 4.78 is 11.0. The highest BCUT2D eigenvalue weighted by Gasteiger charge is 2.28. The third-order valence-corrected chi connectivity index (χ3v) is 6.19. The van der Waals surface area contributed by atoms with Crippen LogP contribution in [-0.4, -0.2) is 40.7 Å². The molecule has 4 aromatic rings. The predicted octanol–water partition coefficient (Wildman–Crippen LogP) is 6.72. The molecule has 1 N–H and O–H groups in total. The largest absolute Gasteiger partial charge is 0.495 e. The molecule has 1 aromatic heterocycles. The molecule has 0 spiro atoms. The second kappa shape index (κ2) is 13.0. The lowest BCUT2D eigenvalue weighted by Gasteiger charge is -2.26. The molecule has 1 heterocycles. The van der Waals surface area contributed by atoms with Gasteiger partial charge in [-0.2, -0.15) is 0 Å². The summed E-state index contributed by atoms with van der Waals surface area (Å²) in [6.45, 7) is 6.11. The monoisotopic (exact) mass is 570 g/mol. The highest BCUT2D eigenvalue weighted by Crippen LogP contribution is 2.37. The molecule has 218 valence electrons. The molecule has 4 rings (SSSR count). The van der Waals surface area contributed by atoms with Crippen molar-refractivity contribution in [1.29, 1.82) is 0 Å². The second-order valence-corrected chi connectivity index (χ2v) is 10.5. The Kier molecular flexibility index (Phi) is 9.21. The number of nitrogens with one attached hydrogen (secondary N) is 1. The van der Waals surface area contributed by atoms with Gasteiger partial charge in [-0.25, -0.2) is 14.8 Å². The number of methoxy groups -OCH3 is 1. The molecule has 11 nitrogen and oxygen atoms in total. The molecule has 0 unspecified atom stereocenters. The quantitative estimate of drug-likeness (QED) is 0.164. The lowest BCUT2D eigenvalue weighted by molar-refractivity contribution is -0.383. The van der Waals surface area contributed by atoms with Crippen molar-refractivity contribution >= 4 is 34.8 Å². The molecular formula is C31H34N6O5. The summed E-state index contributed by atoms with van der Waals surface area (Å²) in [7, 11) is 3.05. The fourth-order valence-electron chi connectivity index (χ4n) is 4.27. The number of hydrogen-bond acceptors (Lipinski definition) is 9. The van der Waals surface area contributed by atoms with Crippen LogP contribution < -0.4 is 19.9 Å². The number of rotatable bonds is 10. The number of anilines is 4. The first-order valence-electron chi connectivity index (χ1n) is 13.3. The van der Waals surface area contributed by atoms with Gasteiger partial charge >= 0.3 is 11.8 Å². The second-order valence-electron chi connectivity index (χ2n) is 10.5. The zero-order chi connectivity index (χ0) is 30.3. The van der Waals surface area contributed by atoms with Crippen molar-refractivity contribution in [2.45, 2.75) is 39.5 Å². The highest BCUT2D eigenvalue weighted by molar-refractivity contribution is 5.90. The van der Waals surface area contributed by atoms with Crippen molar-refractivity contribution in [2.24, 2.45) is 0 Å². The summed E-state index contributed by atoms with van der Waals surface area (Å²) in [5.41, 5.74) is 1.83. The molecular weight excluding hydrogens is 536 g/mol. The molecule has 3 aromatic carbocycles. The van der Waals surface area contributed by atoms with Crippen molar-refractivity contribution in [3.05, 3.63) is 106 Å². The van der Waals surface area contributed by atoms with E-state index >= 15 is 0 Å². The van der Waals surface area contributed by atoms with E-state index in [1.54, 1.807) is 46.0 Å². The first-order valence-corrected chi connectivity index (χ1v) is 13.3. The first kappa shape index (κ1) is 29.8. The molecule has 0 aliphatic heterocycles. The third-order valence-electron chi connectivity index (χ3n) is 6.19.